The quantitative estimate of drug-likeness (QED) is 0.606. The molecule has 118 valence electrons. The van der Waals surface area contributed by atoms with E-state index in [1.807, 2.05) is 0 Å². The molecule has 0 aliphatic rings. The summed E-state index contributed by atoms with van der Waals surface area (Å²) in [4.78, 5) is 11.1. The first-order valence-corrected chi connectivity index (χ1v) is 7.96. The van der Waals surface area contributed by atoms with E-state index in [9.17, 15) is 13.2 Å². The highest BCUT2D eigenvalue weighted by molar-refractivity contribution is 7.89. The number of rotatable bonds is 6. The summed E-state index contributed by atoms with van der Waals surface area (Å²) in [5.74, 6) is -0.304. The van der Waals surface area contributed by atoms with Gasteiger partial charge in [-0.05, 0) is 24.3 Å². The number of nitrogens with one attached hydrogen (secondary N) is 1. The first kappa shape index (κ1) is 16.5. The Balaban J connectivity index is 2.09. The van der Waals surface area contributed by atoms with Crippen molar-refractivity contribution in [3.8, 4) is 6.07 Å². The van der Waals surface area contributed by atoms with Gasteiger partial charge in [0.2, 0.25) is 10.0 Å². The van der Waals surface area contributed by atoms with E-state index < -0.39 is 15.9 Å². The largest absolute Gasteiger partial charge is 0.460 e. The van der Waals surface area contributed by atoms with Gasteiger partial charge in [0, 0.05) is 6.08 Å². The molecule has 0 fully saturated rings. The maximum atomic E-state index is 12.1. The molecule has 3 N–H and O–H groups in total. The third kappa shape index (κ3) is 4.29. The van der Waals surface area contributed by atoms with Crippen molar-refractivity contribution in [2.75, 3.05) is 0 Å². The summed E-state index contributed by atoms with van der Waals surface area (Å²) < 4.78 is 31.8. The number of sulfonamides is 1. The Hall–Kier alpha value is -2.89. The molecule has 1 aromatic carbocycles. The molecule has 0 atom stereocenters. The van der Waals surface area contributed by atoms with Crippen LogP contribution < -0.4 is 10.5 Å². The van der Waals surface area contributed by atoms with Gasteiger partial charge in [-0.25, -0.2) is 13.1 Å². The number of hydrogen-bond acceptors (Lipinski definition) is 5. The lowest BCUT2D eigenvalue weighted by Crippen LogP contribution is -2.22. The van der Waals surface area contributed by atoms with Crippen molar-refractivity contribution in [2.24, 2.45) is 5.73 Å². The van der Waals surface area contributed by atoms with Crippen LogP contribution in [0.15, 0.2) is 57.4 Å². The summed E-state index contributed by atoms with van der Waals surface area (Å²) in [7, 11) is -3.64. The van der Waals surface area contributed by atoms with Gasteiger partial charge in [0.1, 0.15) is 23.2 Å². The van der Waals surface area contributed by atoms with Crippen molar-refractivity contribution in [2.45, 2.75) is 11.4 Å². The molecular formula is C15H13N3O4S. The summed E-state index contributed by atoms with van der Waals surface area (Å²) >= 11 is 0. The van der Waals surface area contributed by atoms with E-state index in [-0.39, 0.29) is 22.8 Å². The monoisotopic (exact) mass is 331 g/mol. The second-order valence-electron chi connectivity index (χ2n) is 4.48. The Morgan fingerprint density at radius 2 is 1.96 bits per heavy atom. The SMILES string of the molecule is N#CC(=Cc1ccc(CNS(=O)(=O)c2ccccc2)o1)C(N)=O. The van der Waals surface area contributed by atoms with E-state index in [1.54, 1.807) is 24.3 Å². The Labute approximate surface area is 133 Å². The lowest BCUT2D eigenvalue weighted by atomic mass is 10.2. The van der Waals surface area contributed by atoms with Crippen LogP contribution in [0.5, 0.6) is 0 Å². The zero-order valence-corrected chi connectivity index (χ0v) is 12.7. The Morgan fingerprint density at radius 1 is 1.26 bits per heavy atom. The van der Waals surface area contributed by atoms with Gasteiger partial charge in [0.05, 0.1) is 11.4 Å². The third-order valence-corrected chi connectivity index (χ3v) is 4.26. The van der Waals surface area contributed by atoms with Crippen molar-refractivity contribution >= 4 is 22.0 Å². The van der Waals surface area contributed by atoms with Crippen molar-refractivity contribution in [1.82, 2.24) is 4.72 Å². The molecule has 0 saturated heterocycles. The summed E-state index contributed by atoms with van der Waals surface area (Å²) in [5.41, 5.74) is 4.77. The standard InChI is InChI=1S/C15H13N3O4S/c16-9-11(15(17)19)8-12-6-7-13(22-12)10-18-23(20,21)14-4-2-1-3-5-14/h1-8,18H,10H2,(H2,17,19). The number of amides is 1. The Morgan fingerprint density at radius 3 is 2.57 bits per heavy atom. The fourth-order valence-corrected chi connectivity index (χ4v) is 2.73. The summed E-state index contributed by atoms with van der Waals surface area (Å²) in [5, 5.41) is 8.75. The predicted molar refractivity (Wildman–Crippen MR) is 82.0 cm³/mol. The van der Waals surface area contributed by atoms with Crippen LogP contribution in [0.4, 0.5) is 0 Å². The molecule has 1 aromatic heterocycles. The number of nitriles is 1. The van der Waals surface area contributed by atoms with Crippen LogP contribution in [0.2, 0.25) is 0 Å². The van der Waals surface area contributed by atoms with Crippen LogP contribution in [-0.4, -0.2) is 14.3 Å². The molecule has 0 unspecified atom stereocenters. The Kier molecular flexibility index (Phi) is 4.95. The van der Waals surface area contributed by atoms with E-state index in [4.69, 9.17) is 15.4 Å². The van der Waals surface area contributed by atoms with E-state index in [1.165, 1.54) is 30.3 Å². The van der Waals surface area contributed by atoms with Crippen LogP contribution >= 0.6 is 0 Å². The second-order valence-corrected chi connectivity index (χ2v) is 6.24. The van der Waals surface area contributed by atoms with Gasteiger partial charge in [-0.3, -0.25) is 4.79 Å². The van der Waals surface area contributed by atoms with E-state index in [2.05, 4.69) is 4.72 Å². The molecule has 1 amide bonds. The van der Waals surface area contributed by atoms with Crippen LogP contribution in [0.3, 0.4) is 0 Å². The Bertz CT molecular complexity index is 877. The summed E-state index contributed by atoms with van der Waals surface area (Å²) in [6.45, 7) is -0.0659. The maximum absolute atomic E-state index is 12.1. The zero-order chi connectivity index (χ0) is 16.9. The van der Waals surface area contributed by atoms with Gasteiger partial charge in [-0.15, -0.1) is 0 Å². The molecule has 0 aliphatic heterocycles. The second kappa shape index (κ2) is 6.91. The number of furan rings is 1. The lowest BCUT2D eigenvalue weighted by Gasteiger charge is -2.04. The van der Waals surface area contributed by atoms with Crippen LogP contribution in [0, 0.1) is 11.3 Å². The number of carbonyl (C=O) groups excluding carboxylic acids is 1. The van der Waals surface area contributed by atoms with E-state index in [0.29, 0.717) is 5.76 Å². The molecule has 23 heavy (non-hydrogen) atoms. The lowest BCUT2D eigenvalue weighted by molar-refractivity contribution is -0.114. The number of benzene rings is 1. The van der Waals surface area contributed by atoms with Gasteiger partial charge in [0.25, 0.3) is 5.91 Å². The van der Waals surface area contributed by atoms with Gasteiger partial charge in [0.15, 0.2) is 0 Å². The first-order chi connectivity index (χ1) is 10.9. The predicted octanol–water partition coefficient (Wildman–Crippen LogP) is 1.15. The smallest absolute Gasteiger partial charge is 0.259 e. The highest BCUT2D eigenvalue weighted by Crippen LogP contribution is 2.13. The van der Waals surface area contributed by atoms with Crippen LogP contribution in [0.1, 0.15) is 11.5 Å². The highest BCUT2D eigenvalue weighted by atomic mass is 32.2. The number of hydrogen-bond donors (Lipinski definition) is 2. The van der Waals surface area contributed by atoms with Gasteiger partial charge < -0.3 is 10.2 Å². The topological polar surface area (TPSA) is 126 Å². The first-order valence-electron chi connectivity index (χ1n) is 6.47. The van der Waals surface area contributed by atoms with Crippen molar-refractivity contribution < 1.29 is 17.6 Å². The average Bonchev–Trinajstić information content (AvgIpc) is 2.99. The minimum absolute atomic E-state index is 0.0659. The molecule has 8 heteroatoms. The molecule has 7 nitrogen and oxygen atoms in total. The van der Waals surface area contributed by atoms with Crippen LogP contribution in [0.25, 0.3) is 6.08 Å². The summed E-state index contributed by atoms with van der Waals surface area (Å²) in [6.07, 6.45) is 1.19. The number of nitrogens with two attached hydrogens (primary N) is 1. The maximum Gasteiger partial charge on any atom is 0.259 e. The fourth-order valence-electron chi connectivity index (χ4n) is 1.72. The third-order valence-electron chi connectivity index (χ3n) is 2.84. The number of nitrogens with zero attached hydrogens (tertiary/aromatic N) is 1. The van der Waals surface area contributed by atoms with Crippen molar-refractivity contribution in [3.05, 3.63) is 59.6 Å². The molecule has 0 spiro atoms. The molecule has 0 aliphatic carbocycles. The van der Waals surface area contributed by atoms with Crippen LogP contribution in [-0.2, 0) is 21.4 Å². The molecule has 0 radical (unpaired) electrons. The van der Waals surface area contributed by atoms with E-state index in [0.717, 1.165) is 0 Å². The molecule has 1 heterocycles. The highest BCUT2D eigenvalue weighted by Gasteiger charge is 2.14. The number of primary amides is 1. The molecule has 0 saturated carbocycles. The van der Waals surface area contributed by atoms with Crippen molar-refractivity contribution in [1.29, 1.82) is 5.26 Å². The minimum atomic E-state index is -3.64. The normalized spacial score (nSPS) is 11.9. The molecule has 2 rings (SSSR count). The number of carbonyl (C=O) groups is 1. The summed E-state index contributed by atoms with van der Waals surface area (Å²) in [6, 6.07) is 12.6. The molecule has 0 bridgehead atoms. The minimum Gasteiger partial charge on any atom is -0.460 e. The van der Waals surface area contributed by atoms with Gasteiger partial charge in [-0.1, -0.05) is 18.2 Å². The molecular weight excluding hydrogens is 318 g/mol. The molecule has 2 aromatic rings. The fraction of sp³-hybridized carbons (Fsp3) is 0.0667. The van der Waals surface area contributed by atoms with Crippen molar-refractivity contribution in [3.63, 3.8) is 0 Å². The van der Waals surface area contributed by atoms with Gasteiger partial charge in [-0.2, -0.15) is 5.26 Å². The van der Waals surface area contributed by atoms with E-state index >= 15 is 0 Å². The average molecular weight is 331 g/mol. The zero-order valence-electron chi connectivity index (χ0n) is 11.9. The van der Waals surface area contributed by atoms with Gasteiger partial charge >= 0.3 is 0 Å².